The minimum atomic E-state index is -0.640. The molecule has 0 aliphatic heterocycles. The first-order valence-electron chi connectivity index (χ1n) is 4.72. The van der Waals surface area contributed by atoms with Crippen LogP contribution >= 0.6 is 0 Å². The average Bonchev–Trinajstić information content (AvgIpc) is 2.15. The zero-order chi connectivity index (χ0) is 11.4. The highest BCUT2D eigenvalue weighted by Gasteiger charge is 2.08. The lowest BCUT2D eigenvalue weighted by atomic mass is 10.1. The number of carbonyl (C=O) groups is 1. The molecule has 0 saturated carbocycles. The standard InChI is InChI=1S/C11H13F2NO/c1-7(2)11(15)14-6-8-3-4-9(12)5-10(8)13/h3-5,7H,6H2,1-2H3,(H,14,15). The lowest BCUT2D eigenvalue weighted by molar-refractivity contribution is -0.124. The van der Waals surface area contributed by atoms with Gasteiger partial charge in [0.2, 0.25) is 5.91 Å². The predicted octanol–water partition coefficient (Wildman–Crippen LogP) is 2.24. The van der Waals surface area contributed by atoms with Gasteiger partial charge in [-0.25, -0.2) is 8.78 Å². The molecule has 2 nitrogen and oxygen atoms in total. The van der Waals surface area contributed by atoms with Crippen LogP contribution in [0.25, 0.3) is 0 Å². The second kappa shape index (κ2) is 4.87. The number of hydrogen-bond donors (Lipinski definition) is 1. The van der Waals surface area contributed by atoms with Gasteiger partial charge in [-0.1, -0.05) is 19.9 Å². The van der Waals surface area contributed by atoms with E-state index < -0.39 is 11.6 Å². The maximum atomic E-state index is 13.1. The summed E-state index contributed by atoms with van der Waals surface area (Å²) < 4.78 is 25.7. The molecule has 0 aliphatic rings. The van der Waals surface area contributed by atoms with E-state index in [2.05, 4.69) is 5.32 Å². The lowest BCUT2D eigenvalue weighted by Gasteiger charge is -2.08. The number of hydrogen-bond acceptors (Lipinski definition) is 1. The summed E-state index contributed by atoms with van der Waals surface area (Å²) in [5, 5.41) is 2.56. The maximum absolute atomic E-state index is 13.1. The van der Waals surface area contributed by atoms with Gasteiger partial charge in [0.25, 0.3) is 0 Å². The summed E-state index contributed by atoms with van der Waals surface area (Å²) in [7, 11) is 0. The third-order valence-corrected chi connectivity index (χ3v) is 1.99. The SMILES string of the molecule is CC(C)C(=O)NCc1ccc(F)cc1F. The van der Waals surface area contributed by atoms with Crippen LogP contribution in [0, 0.1) is 17.6 Å². The lowest BCUT2D eigenvalue weighted by Crippen LogP contribution is -2.27. The monoisotopic (exact) mass is 213 g/mol. The molecule has 0 unspecified atom stereocenters. The van der Waals surface area contributed by atoms with Gasteiger partial charge >= 0.3 is 0 Å². The van der Waals surface area contributed by atoms with Crippen molar-refractivity contribution in [3.05, 3.63) is 35.4 Å². The first-order valence-corrected chi connectivity index (χ1v) is 4.72. The molecule has 1 rings (SSSR count). The molecule has 0 aliphatic carbocycles. The Bertz CT molecular complexity index is 364. The molecule has 1 aromatic rings. The van der Waals surface area contributed by atoms with Crippen molar-refractivity contribution in [1.29, 1.82) is 0 Å². The van der Waals surface area contributed by atoms with Crippen LogP contribution < -0.4 is 5.32 Å². The van der Waals surface area contributed by atoms with Crippen molar-refractivity contribution in [2.24, 2.45) is 5.92 Å². The molecular weight excluding hydrogens is 200 g/mol. The van der Waals surface area contributed by atoms with E-state index in [-0.39, 0.29) is 23.9 Å². The highest BCUT2D eigenvalue weighted by molar-refractivity contribution is 5.77. The summed E-state index contributed by atoms with van der Waals surface area (Å²) in [6, 6.07) is 3.29. The van der Waals surface area contributed by atoms with Gasteiger partial charge in [-0.3, -0.25) is 4.79 Å². The van der Waals surface area contributed by atoms with Crippen LogP contribution in [0.15, 0.2) is 18.2 Å². The molecule has 0 bridgehead atoms. The van der Waals surface area contributed by atoms with E-state index in [9.17, 15) is 13.6 Å². The summed E-state index contributed by atoms with van der Waals surface area (Å²) in [5.74, 6) is -1.56. The Hall–Kier alpha value is -1.45. The van der Waals surface area contributed by atoms with Gasteiger partial charge in [-0.15, -0.1) is 0 Å². The van der Waals surface area contributed by atoms with E-state index in [1.54, 1.807) is 13.8 Å². The minimum Gasteiger partial charge on any atom is -0.352 e. The largest absolute Gasteiger partial charge is 0.352 e. The van der Waals surface area contributed by atoms with E-state index in [1.165, 1.54) is 12.1 Å². The molecule has 15 heavy (non-hydrogen) atoms. The Kier molecular flexibility index (Phi) is 3.77. The van der Waals surface area contributed by atoms with Gasteiger partial charge in [-0.2, -0.15) is 0 Å². The molecule has 82 valence electrons. The topological polar surface area (TPSA) is 29.1 Å². The average molecular weight is 213 g/mol. The van der Waals surface area contributed by atoms with Crippen molar-refractivity contribution in [3.8, 4) is 0 Å². The van der Waals surface area contributed by atoms with Crippen LogP contribution in [0.1, 0.15) is 19.4 Å². The van der Waals surface area contributed by atoms with Crippen molar-refractivity contribution in [2.75, 3.05) is 0 Å². The van der Waals surface area contributed by atoms with Crippen molar-refractivity contribution >= 4 is 5.91 Å². The quantitative estimate of drug-likeness (QED) is 0.819. The number of nitrogens with one attached hydrogen (secondary N) is 1. The highest BCUT2D eigenvalue weighted by Crippen LogP contribution is 2.09. The van der Waals surface area contributed by atoms with Crippen LogP contribution in [0.4, 0.5) is 8.78 Å². The van der Waals surface area contributed by atoms with Crippen molar-refractivity contribution in [2.45, 2.75) is 20.4 Å². The van der Waals surface area contributed by atoms with Crippen LogP contribution in [-0.4, -0.2) is 5.91 Å². The Morgan fingerprint density at radius 2 is 2.07 bits per heavy atom. The predicted molar refractivity (Wildman–Crippen MR) is 53.0 cm³/mol. The summed E-state index contributed by atoms with van der Waals surface area (Å²) in [5.41, 5.74) is 0.283. The first-order chi connectivity index (χ1) is 7.00. The molecule has 0 saturated heterocycles. The third kappa shape index (κ3) is 3.31. The molecule has 0 aromatic heterocycles. The van der Waals surface area contributed by atoms with Crippen molar-refractivity contribution in [1.82, 2.24) is 5.32 Å². The fourth-order valence-electron chi connectivity index (χ4n) is 1.05. The number of rotatable bonds is 3. The second-order valence-corrected chi connectivity index (χ2v) is 3.61. The summed E-state index contributed by atoms with van der Waals surface area (Å²) >= 11 is 0. The van der Waals surface area contributed by atoms with Gasteiger partial charge in [-0.05, 0) is 6.07 Å². The normalized spacial score (nSPS) is 10.5. The van der Waals surface area contributed by atoms with Gasteiger partial charge in [0.05, 0.1) is 0 Å². The molecule has 1 amide bonds. The zero-order valence-electron chi connectivity index (χ0n) is 8.68. The Morgan fingerprint density at radius 1 is 1.40 bits per heavy atom. The van der Waals surface area contributed by atoms with Gasteiger partial charge in [0.15, 0.2) is 0 Å². The van der Waals surface area contributed by atoms with Crippen molar-refractivity contribution in [3.63, 3.8) is 0 Å². The highest BCUT2D eigenvalue weighted by atomic mass is 19.1. The Labute approximate surface area is 87.3 Å². The molecule has 0 fully saturated rings. The van der Waals surface area contributed by atoms with Gasteiger partial charge in [0.1, 0.15) is 11.6 Å². The Morgan fingerprint density at radius 3 is 2.60 bits per heavy atom. The molecule has 0 radical (unpaired) electrons. The summed E-state index contributed by atoms with van der Waals surface area (Å²) in [6.07, 6.45) is 0. The van der Waals surface area contributed by atoms with E-state index >= 15 is 0 Å². The molecule has 0 heterocycles. The zero-order valence-corrected chi connectivity index (χ0v) is 8.68. The molecule has 1 aromatic carbocycles. The fraction of sp³-hybridized carbons (Fsp3) is 0.364. The van der Waals surface area contributed by atoms with Crippen LogP contribution in [0.5, 0.6) is 0 Å². The summed E-state index contributed by atoms with van der Waals surface area (Å²) in [6.45, 7) is 3.58. The molecule has 1 N–H and O–H groups in total. The third-order valence-electron chi connectivity index (χ3n) is 1.99. The van der Waals surface area contributed by atoms with E-state index in [1.807, 2.05) is 0 Å². The van der Waals surface area contributed by atoms with E-state index in [0.29, 0.717) is 0 Å². The maximum Gasteiger partial charge on any atom is 0.222 e. The van der Waals surface area contributed by atoms with E-state index in [0.717, 1.165) is 6.07 Å². The van der Waals surface area contributed by atoms with Gasteiger partial charge < -0.3 is 5.32 Å². The Balaban J connectivity index is 2.62. The molecule has 4 heteroatoms. The molecular formula is C11H13F2NO. The number of carbonyl (C=O) groups excluding carboxylic acids is 1. The molecule has 0 atom stereocenters. The summed E-state index contributed by atoms with van der Waals surface area (Å²) in [4.78, 5) is 11.2. The van der Waals surface area contributed by atoms with Crippen LogP contribution in [-0.2, 0) is 11.3 Å². The van der Waals surface area contributed by atoms with Crippen molar-refractivity contribution < 1.29 is 13.6 Å². The number of benzene rings is 1. The smallest absolute Gasteiger partial charge is 0.222 e. The number of halogens is 2. The van der Waals surface area contributed by atoms with Crippen LogP contribution in [0.3, 0.4) is 0 Å². The van der Waals surface area contributed by atoms with E-state index in [4.69, 9.17) is 0 Å². The van der Waals surface area contributed by atoms with Gasteiger partial charge in [0, 0.05) is 24.1 Å². The number of amides is 1. The fourth-order valence-corrected chi connectivity index (χ4v) is 1.05. The van der Waals surface area contributed by atoms with Crippen LogP contribution in [0.2, 0.25) is 0 Å². The second-order valence-electron chi connectivity index (χ2n) is 3.61. The molecule has 0 spiro atoms. The first kappa shape index (κ1) is 11.6. The minimum absolute atomic E-state index is 0.0864.